The maximum absolute atomic E-state index is 4.48. The molecule has 5 heteroatoms. The van der Waals surface area contributed by atoms with Gasteiger partial charge in [0.2, 0.25) is 0 Å². The molecular weight excluding hydrogens is 298 g/mol. The van der Waals surface area contributed by atoms with Gasteiger partial charge in [0.25, 0.3) is 0 Å². The maximum Gasteiger partial charge on any atom is 0.0807 e. The van der Waals surface area contributed by atoms with Crippen molar-refractivity contribution in [2.24, 2.45) is 15.0 Å². The number of aromatic nitrogens is 1. The number of pyridine rings is 1. The lowest BCUT2D eigenvalue weighted by Crippen LogP contribution is -2.29. The van der Waals surface area contributed by atoms with Gasteiger partial charge in [-0.3, -0.25) is 24.9 Å². The second-order valence-electron chi connectivity index (χ2n) is 5.16. The van der Waals surface area contributed by atoms with E-state index in [0.717, 1.165) is 50.7 Å². The van der Waals surface area contributed by atoms with Crippen LogP contribution in [0.15, 0.2) is 51.5 Å². The second kappa shape index (κ2) is 13.3. The van der Waals surface area contributed by atoms with E-state index in [1.54, 1.807) is 6.20 Å². The Morgan fingerprint density at radius 1 is 1.17 bits per heavy atom. The van der Waals surface area contributed by atoms with Crippen LogP contribution in [0.3, 0.4) is 0 Å². The highest BCUT2D eigenvalue weighted by molar-refractivity contribution is 6.35. The van der Waals surface area contributed by atoms with E-state index < -0.39 is 0 Å². The zero-order valence-corrected chi connectivity index (χ0v) is 15.1. The van der Waals surface area contributed by atoms with Gasteiger partial charge in [-0.15, -0.1) is 0 Å². The molecule has 1 rings (SSSR count). The Hall–Kier alpha value is -2.14. The highest BCUT2D eigenvalue weighted by atomic mass is 15.1. The molecule has 0 saturated heterocycles. The van der Waals surface area contributed by atoms with E-state index in [1.165, 1.54) is 0 Å². The van der Waals surface area contributed by atoms with Crippen LogP contribution in [0.1, 0.15) is 26.5 Å². The molecule has 0 aliphatic rings. The normalized spacial score (nSPS) is 13.1. The molecule has 130 valence electrons. The molecule has 0 spiro atoms. The monoisotopic (exact) mass is 327 g/mol. The Labute approximate surface area is 146 Å². The number of allylic oxidation sites excluding steroid dienone is 2. The topological polar surface area (TPSA) is 53.2 Å². The summed E-state index contributed by atoms with van der Waals surface area (Å²) in [6.45, 7) is 11.4. The van der Waals surface area contributed by atoms with Gasteiger partial charge in [0.05, 0.1) is 24.5 Å². The van der Waals surface area contributed by atoms with Crippen LogP contribution in [0.2, 0.25) is 0 Å². The van der Waals surface area contributed by atoms with Gasteiger partial charge in [0, 0.05) is 38.3 Å². The molecule has 0 amide bonds. The van der Waals surface area contributed by atoms with Gasteiger partial charge in [-0.2, -0.15) is 0 Å². The lowest BCUT2D eigenvalue weighted by atomic mass is 10.3. The lowest BCUT2D eigenvalue weighted by molar-refractivity contribution is 0.305. The predicted molar refractivity (Wildman–Crippen MR) is 105 cm³/mol. The van der Waals surface area contributed by atoms with Crippen LogP contribution in [-0.4, -0.2) is 67.3 Å². The Balaban J connectivity index is 2.32. The fraction of sp³-hybridized carbons (Fsp3) is 0.474. The molecule has 0 aromatic carbocycles. The minimum absolute atomic E-state index is 0.773. The largest absolute Gasteiger partial charge is 0.300 e. The summed E-state index contributed by atoms with van der Waals surface area (Å²) in [6, 6.07) is 5.83. The number of likely N-dealkylation sites (N-methyl/N-ethyl adjacent to an activating group) is 1. The first-order chi connectivity index (χ1) is 11.8. The van der Waals surface area contributed by atoms with E-state index in [1.807, 2.05) is 56.6 Å². The molecule has 0 unspecified atom stereocenters. The number of hydrogen-bond donors (Lipinski definition) is 0. The average Bonchev–Trinajstić information content (AvgIpc) is 2.61. The maximum atomic E-state index is 4.48. The van der Waals surface area contributed by atoms with Crippen LogP contribution < -0.4 is 0 Å². The van der Waals surface area contributed by atoms with Crippen LogP contribution in [0.4, 0.5) is 0 Å². The molecule has 0 radical (unpaired) electrons. The number of nitrogens with zero attached hydrogens (tertiary/aromatic N) is 5. The Morgan fingerprint density at radius 2 is 1.96 bits per heavy atom. The summed E-state index contributed by atoms with van der Waals surface area (Å²) < 4.78 is 0. The fourth-order valence-corrected chi connectivity index (χ4v) is 2.08. The van der Waals surface area contributed by atoms with Crippen molar-refractivity contribution in [3.05, 3.63) is 42.2 Å². The summed E-state index contributed by atoms with van der Waals surface area (Å²) in [5, 5.41) is 0. The lowest BCUT2D eigenvalue weighted by Gasteiger charge is -2.17. The molecule has 0 saturated carbocycles. The third-order valence-corrected chi connectivity index (χ3v) is 3.35. The van der Waals surface area contributed by atoms with Crippen LogP contribution in [-0.2, 0) is 0 Å². The average molecular weight is 327 g/mol. The highest BCUT2D eigenvalue weighted by Gasteiger charge is 2.00. The quantitative estimate of drug-likeness (QED) is 0.587. The molecule has 0 bridgehead atoms. The number of hydrogen-bond acceptors (Lipinski definition) is 5. The van der Waals surface area contributed by atoms with Crippen LogP contribution in [0.5, 0.6) is 0 Å². The minimum Gasteiger partial charge on any atom is -0.300 e. The molecule has 5 nitrogen and oxygen atoms in total. The first kappa shape index (κ1) is 19.9. The molecule has 0 aliphatic heterocycles. The van der Waals surface area contributed by atoms with Gasteiger partial charge in [-0.1, -0.05) is 19.1 Å². The van der Waals surface area contributed by atoms with E-state index in [4.69, 9.17) is 0 Å². The molecule has 1 aromatic rings. The van der Waals surface area contributed by atoms with Crippen LogP contribution >= 0.6 is 0 Å². The molecule has 0 fully saturated rings. The van der Waals surface area contributed by atoms with Crippen molar-refractivity contribution < 1.29 is 0 Å². The predicted octanol–water partition coefficient (Wildman–Crippen LogP) is 2.93. The highest BCUT2D eigenvalue weighted by Crippen LogP contribution is 1.91. The van der Waals surface area contributed by atoms with Gasteiger partial charge in [0.15, 0.2) is 0 Å². The van der Waals surface area contributed by atoms with E-state index in [0.29, 0.717) is 0 Å². The molecule has 0 aliphatic carbocycles. The molecule has 0 atom stereocenters. The fourth-order valence-electron chi connectivity index (χ4n) is 2.08. The van der Waals surface area contributed by atoms with Crippen molar-refractivity contribution in [3.63, 3.8) is 0 Å². The van der Waals surface area contributed by atoms with Crippen molar-refractivity contribution in [1.29, 1.82) is 0 Å². The zero-order chi connectivity index (χ0) is 17.5. The Morgan fingerprint density at radius 3 is 2.58 bits per heavy atom. The SMILES string of the molecule is C/C=C\C(C=NCCN(CC)CCN=Cc1ccccn1)=NCC. The van der Waals surface area contributed by atoms with Gasteiger partial charge in [-0.05, 0) is 38.6 Å². The molecule has 1 heterocycles. The second-order valence-corrected chi connectivity index (χ2v) is 5.16. The van der Waals surface area contributed by atoms with E-state index in [-0.39, 0.29) is 0 Å². The third kappa shape index (κ3) is 9.10. The summed E-state index contributed by atoms with van der Waals surface area (Å²) in [6.07, 6.45) is 9.43. The summed E-state index contributed by atoms with van der Waals surface area (Å²) >= 11 is 0. The van der Waals surface area contributed by atoms with Crippen molar-refractivity contribution >= 4 is 18.1 Å². The standard InChI is InChI=1S/C19H29N5/c1-4-9-18(22-5-2)16-20-12-14-24(6-3)15-13-21-17-19-10-7-8-11-23-19/h4,7-11,16-17H,5-6,12-15H2,1-3H3/b9-4-,20-16?,21-17?,22-18?. The first-order valence-corrected chi connectivity index (χ1v) is 8.60. The number of aliphatic imine (C=N–C) groups is 3. The van der Waals surface area contributed by atoms with Crippen LogP contribution in [0, 0.1) is 0 Å². The Bertz CT molecular complexity index is 546. The smallest absolute Gasteiger partial charge is 0.0807 e. The van der Waals surface area contributed by atoms with E-state index in [9.17, 15) is 0 Å². The van der Waals surface area contributed by atoms with Gasteiger partial charge < -0.3 is 0 Å². The van der Waals surface area contributed by atoms with Gasteiger partial charge >= 0.3 is 0 Å². The minimum atomic E-state index is 0.773. The van der Waals surface area contributed by atoms with Crippen molar-refractivity contribution in [1.82, 2.24) is 9.88 Å². The summed E-state index contributed by atoms with van der Waals surface area (Å²) in [4.78, 5) is 19.9. The molecular formula is C19H29N5. The first-order valence-electron chi connectivity index (χ1n) is 8.60. The number of rotatable bonds is 11. The molecule has 0 N–H and O–H groups in total. The summed E-state index contributed by atoms with van der Waals surface area (Å²) in [5.74, 6) is 0. The molecule has 1 aromatic heterocycles. The third-order valence-electron chi connectivity index (χ3n) is 3.35. The van der Waals surface area contributed by atoms with Crippen molar-refractivity contribution in [2.45, 2.75) is 20.8 Å². The van der Waals surface area contributed by atoms with Crippen molar-refractivity contribution in [3.8, 4) is 0 Å². The van der Waals surface area contributed by atoms with Gasteiger partial charge in [-0.25, -0.2) is 0 Å². The van der Waals surface area contributed by atoms with Crippen LogP contribution in [0.25, 0.3) is 0 Å². The Kier molecular flexibility index (Phi) is 11.0. The van der Waals surface area contributed by atoms with Crippen molar-refractivity contribution in [2.75, 3.05) is 39.3 Å². The summed E-state index contributed by atoms with van der Waals surface area (Å²) in [5.41, 5.74) is 1.83. The summed E-state index contributed by atoms with van der Waals surface area (Å²) in [7, 11) is 0. The zero-order valence-electron chi connectivity index (χ0n) is 15.1. The van der Waals surface area contributed by atoms with E-state index in [2.05, 4.69) is 31.8 Å². The molecule has 24 heavy (non-hydrogen) atoms. The van der Waals surface area contributed by atoms with Gasteiger partial charge in [0.1, 0.15) is 0 Å². The van der Waals surface area contributed by atoms with E-state index >= 15 is 0 Å².